The second-order valence-electron chi connectivity index (χ2n) is 5.17. The maximum atomic E-state index is 12.5. The minimum absolute atomic E-state index is 0.196. The zero-order valence-corrected chi connectivity index (χ0v) is 13.5. The summed E-state index contributed by atoms with van der Waals surface area (Å²) in [5.74, 6) is 0.483. The van der Waals surface area contributed by atoms with Crippen molar-refractivity contribution in [1.29, 1.82) is 0 Å². The summed E-state index contributed by atoms with van der Waals surface area (Å²) < 4.78 is 5.33. The van der Waals surface area contributed by atoms with Gasteiger partial charge in [0.15, 0.2) is 10.8 Å². The molecule has 2 aromatic heterocycles. The molecule has 22 heavy (non-hydrogen) atoms. The number of carbonyl (C=O) groups is 1. The first-order chi connectivity index (χ1) is 10.5. The van der Waals surface area contributed by atoms with E-state index in [0.717, 1.165) is 16.1 Å². The molecule has 112 valence electrons. The molecule has 0 atom stereocenters. The van der Waals surface area contributed by atoms with Crippen LogP contribution >= 0.6 is 11.3 Å². The molecule has 0 fully saturated rings. The summed E-state index contributed by atoms with van der Waals surface area (Å²) in [6.45, 7) is 5.89. The molecular weight excluding hydrogens is 296 g/mol. The third-order valence-corrected chi connectivity index (χ3v) is 4.36. The summed E-state index contributed by atoms with van der Waals surface area (Å²) in [6.07, 6.45) is 1.60. The molecule has 2 heterocycles. The van der Waals surface area contributed by atoms with E-state index in [1.54, 1.807) is 6.26 Å². The molecular formula is C17H16N2O2S. The van der Waals surface area contributed by atoms with Crippen molar-refractivity contribution in [2.45, 2.75) is 20.8 Å². The summed E-state index contributed by atoms with van der Waals surface area (Å²) in [6, 6.07) is 9.58. The number of aromatic nitrogens is 1. The number of rotatable bonds is 3. The van der Waals surface area contributed by atoms with Crippen molar-refractivity contribution in [3.05, 3.63) is 58.3 Å². The summed E-state index contributed by atoms with van der Waals surface area (Å²) in [7, 11) is 0. The normalized spacial score (nSPS) is 10.7. The van der Waals surface area contributed by atoms with Gasteiger partial charge in [0.2, 0.25) is 0 Å². The largest absolute Gasteiger partial charge is 0.462 e. The van der Waals surface area contributed by atoms with E-state index in [0.29, 0.717) is 16.5 Å². The lowest BCUT2D eigenvalue weighted by atomic mass is 10.1. The van der Waals surface area contributed by atoms with Gasteiger partial charge in [-0.25, -0.2) is 4.98 Å². The van der Waals surface area contributed by atoms with Crippen molar-refractivity contribution < 1.29 is 9.21 Å². The Kier molecular flexibility index (Phi) is 3.81. The molecule has 0 aliphatic rings. The van der Waals surface area contributed by atoms with Gasteiger partial charge in [-0.05, 0) is 44.5 Å². The standard InChI is InChI=1S/C17H16N2O2S/c1-10-6-7-13(11(2)9-10)18-16(20)15-12(3)22-17(19-15)14-5-4-8-21-14/h4-9H,1-3H3,(H,18,20). The topological polar surface area (TPSA) is 55.1 Å². The minimum Gasteiger partial charge on any atom is -0.462 e. The van der Waals surface area contributed by atoms with Crippen molar-refractivity contribution in [3.8, 4) is 10.8 Å². The second kappa shape index (κ2) is 5.77. The Morgan fingerprint density at radius 2 is 2.05 bits per heavy atom. The van der Waals surface area contributed by atoms with Crippen LogP contribution in [0.1, 0.15) is 26.5 Å². The van der Waals surface area contributed by atoms with Crippen LogP contribution in [0.25, 0.3) is 10.8 Å². The highest BCUT2D eigenvalue weighted by Gasteiger charge is 2.18. The number of nitrogens with zero attached hydrogens (tertiary/aromatic N) is 1. The Morgan fingerprint density at radius 3 is 2.73 bits per heavy atom. The van der Waals surface area contributed by atoms with Gasteiger partial charge in [0.05, 0.1) is 6.26 Å². The SMILES string of the molecule is Cc1ccc(NC(=O)c2nc(-c3ccco3)sc2C)c(C)c1. The van der Waals surface area contributed by atoms with Gasteiger partial charge in [0.25, 0.3) is 5.91 Å². The zero-order valence-electron chi connectivity index (χ0n) is 12.6. The molecule has 4 nitrogen and oxygen atoms in total. The molecule has 0 spiro atoms. The van der Waals surface area contributed by atoms with Crippen LogP contribution < -0.4 is 5.32 Å². The van der Waals surface area contributed by atoms with E-state index in [-0.39, 0.29) is 5.91 Å². The number of hydrogen-bond donors (Lipinski definition) is 1. The zero-order chi connectivity index (χ0) is 15.7. The number of nitrogens with one attached hydrogen (secondary N) is 1. The Bertz CT molecular complexity index is 819. The van der Waals surface area contributed by atoms with Crippen LogP contribution in [-0.2, 0) is 0 Å². The molecule has 0 aliphatic heterocycles. The van der Waals surface area contributed by atoms with Crippen LogP contribution in [0.4, 0.5) is 5.69 Å². The van der Waals surface area contributed by atoms with Crippen LogP contribution in [0.2, 0.25) is 0 Å². The van der Waals surface area contributed by atoms with Gasteiger partial charge >= 0.3 is 0 Å². The number of amides is 1. The molecule has 3 aromatic rings. The Balaban J connectivity index is 1.86. The predicted molar refractivity (Wildman–Crippen MR) is 88.4 cm³/mol. The Morgan fingerprint density at radius 1 is 1.23 bits per heavy atom. The molecule has 3 rings (SSSR count). The van der Waals surface area contributed by atoms with Gasteiger partial charge in [0.1, 0.15) is 5.69 Å². The van der Waals surface area contributed by atoms with Crippen molar-refractivity contribution in [3.63, 3.8) is 0 Å². The lowest BCUT2D eigenvalue weighted by Gasteiger charge is -2.08. The van der Waals surface area contributed by atoms with Crippen LogP contribution in [-0.4, -0.2) is 10.9 Å². The van der Waals surface area contributed by atoms with Crippen LogP contribution in [0.15, 0.2) is 41.0 Å². The monoisotopic (exact) mass is 312 g/mol. The number of anilines is 1. The first-order valence-corrected chi connectivity index (χ1v) is 7.76. The Labute approximate surface area is 132 Å². The number of thiazole rings is 1. The summed E-state index contributed by atoms with van der Waals surface area (Å²) in [5, 5.41) is 3.64. The van der Waals surface area contributed by atoms with Crippen molar-refractivity contribution in [2.75, 3.05) is 5.32 Å². The smallest absolute Gasteiger partial charge is 0.275 e. The molecule has 0 aliphatic carbocycles. The fourth-order valence-corrected chi connectivity index (χ4v) is 3.13. The summed E-state index contributed by atoms with van der Waals surface area (Å²) in [5.41, 5.74) is 3.45. The van der Waals surface area contributed by atoms with Gasteiger partial charge in [-0.15, -0.1) is 11.3 Å². The molecule has 0 radical (unpaired) electrons. The fraction of sp³-hybridized carbons (Fsp3) is 0.176. The van der Waals surface area contributed by atoms with Crippen molar-refractivity contribution in [2.24, 2.45) is 0 Å². The van der Waals surface area contributed by atoms with E-state index in [1.165, 1.54) is 16.9 Å². The van der Waals surface area contributed by atoms with E-state index in [9.17, 15) is 4.79 Å². The van der Waals surface area contributed by atoms with Crippen LogP contribution in [0.3, 0.4) is 0 Å². The van der Waals surface area contributed by atoms with Gasteiger partial charge < -0.3 is 9.73 Å². The van der Waals surface area contributed by atoms with E-state index < -0.39 is 0 Å². The number of aryl methyl sites for hydroxylation is 3. The van der Waals surface area contributed by atoms with Gasteiger partial charge in [-0.1, -0.05) is 17.7 Å². The number of carbonyl (C=O) groups excluding carboxylic acids is 1. The van der Waals surface area contributed by atoms with E-state index in [1.807, 2.05) is 51.1 Å². The van der Waals surface area contributed by atoms with Crippen molar-refractivity contribution >= 4 is 22.9 Å². The fourth-order valence-electron chi connectivity index (χ4n) is 2.25. The van der Waals surface area contributed by atoms with Crippen LogP contribution in [0, 0.1) is 20.8 Å². The molecule has 1 amide bonds. The van der Waals surface area contributed by atoms with E-state index in [2.05, 4.69) is 10.3 Å². The third kappa shape index (κ3) is 2.80. The van der Waals surface area contributed by atoms with Gasteiger partial charge in [-0.3, -0.25) is 4.79 Å². The highest BCUT2D eigenvalue weighted by atomic mass is 32.1. The maximum absolute atomic E-state index is 12.5. The van der Waals surface area contributed by atoms with Crippen LogP contribution in [0.5, 0.6) is 0 Å². The molecule has 0 bridgehead atoms. The second-order valence-corrected chi connectivity index (χ2v) is 6.38. The van der Waals surface area contributed by atoms with E-state index >= 15 is 0 Å². The Hall–Kier alpha value is -2.40. The van der Waals surface area contributed by atoms with E-state index in [4.69, 9.17) is 4.42 Å². The highest BCUT2D eigenvalue weighted by molar-refractivity contribution is 7.15. The summed E-state index contributed by atoms with van der Waals surface area (Å²) in [4.78, 5) is 17.7. The molecule has 0 saturated carbocycles. The van der Waals surface area contributed by atoms with Crippen molar-refractivity contribution in [1.82, 2.24) is 4.98 Å². The molecule has 5 heteroatoms. The quantitative estimate of drug-likeness (QED) is 0.770. The lowest BCUT2D eigenvalue weighted by molar-refractivity contribution is 0.102. The molecule has 0 saturated heterocycles. The average molecular weight is 312 g/mol. The predicted octanol–water partition coefficient (Wildman–Crippen LogP) is 4.58. The average Bonchev–Trinajstić information content (AvgIpc) is 3.10. The summed E-state index contributed by atoms with van der Waals surface area (Å²) >= 11 is 1.45. The lowest BCUT2D eigenvalue weighted by Crippen LogP contribution is -2.14. The highest BCUT2D eigenvalue weighted by Crippen LogP contribution is 2.28. The third-order valence-electron chi connectivity index (χ3n) is 3.37. The van der Waals surface area contributed by atoms with Gasteiger partial charge in [-0.2, -0.15) is 0 Å². The first kappa shape index (κ1) is 14.5. The molecule has 0 unspecified atom stereocenters. The number of furan rings is 1. The number of hydrogen-bond acceptors (Lipinski definition) is 4. The number of benzene rings is 1. The molecule has 1 aromatic carbocycles. The molecule has 1 N–H and O–H groups in total. The first-order valence-electron chi connectivity index (χ1n) is 6.94. The van der Waals surface area contributed by atoms with Gasteiger partial charge in [0, 0.05) is 10.6 Å². The minimum atomic E-state index is -0.196. The maximum Gasteiger partial charge on any atom is 0.275 e.